The molecule has 92 valence electrons. The van der Waals surface area contributed by atoms with Crippen molar-refractivity contribution in [3.05, 3.63) is 29.8 Å². The molecule has 2 rings (SSSR count). The van der Waals surface area contributed by atoms with E-state index in [4.69, 9.17) is 9.47 Å². The fourth-order valence-electron chi connectivity index (χ4n) is 2.27. The van der Waals surface area contributed by atoms with Crippen LogP contribution in [0.15, 0.2) is 24.3 Å². The first kappa shape index (κ1) is 11.9. The summed E-state index contributed by atoms with van der Waals surface area (Å²) in [5, 5.41) is 3.28. The molecule has 1 N–H and O–H groups in total. The summed E-state index contributed by atoms with van der Waals surface area (Å²) in [7, 11) is 3.08. The Morgan fingerprint density at radius 1 is 1.29 bits per heavy atom. The van der Waals surface area contributed by atoms with Gasteiger partial charge in [-0.3, -0.25) is 10.1 Å². The van der Waals surface area contributed by atoms with Gasteiger partial charge < -0.3 is 9.47 Å². The number of para-hydroxylation sites is 1. The Hall–Kier alpha value is -1.55. The number of carbonyl (C=O) groups excluding carboxylic acids is 1. The van der Waals surface area contributed by atoms with Crippen molar-refractivity contribution in [3.63, 3.8) is 0 Å². The summed E-state index contributed by atoms with van der Waals surface area (Å²) in [6, 6.07) is 7.84. The van der Waals surface area contributed by atoms with Gasteiger partial charge >= 0.3 is 5.97 Å². The molecule has 0 amide bonds. The molecule has 1 fully saturated rings. The number of nitrogens with one attached hydrogen (secondary N) is 1. The SMILES string of the molecule is COC(=O)[C@@H]1CC[C@@H](c2ccccc2OC)N1. The van der Waals surface area contributed by atoms with E-state index in [1.807, 2.05) is 24.3 Å². The van der Waals surface area contributed by atoms with E-state index >= 15 is 0 Å². The molecular weight excluding hydrogens is 218 g/mol. The van der Waals surface area contributed by atoms with E-state index in [1.54, 1.807) is 7.11 Å². The van der Waals surface area contributed by atoms with Crippen LogP contribution < -0.4 is 10.1 Å². The summed E-state index contributed by atoms with van der Waals surface area (Å²) in [6.07, 6.45) is 1.72. The standard InChI is InChI=1S/C13H17NO3/c1-16-12-6-4-3-5-9(12)10-7-8-11(14-10)13(15)17-2/h3-6,10-11,14H,7-8H2,1-2H3/t10-,11-/m0/s1. The van der Waals surface area contributed by atoms with Crippen molar-refractivity contribution in [1.82, 2.24) is 5.32 Å². The van der Waals surface area contributed by atoms with Crippen LogP contribution >= 0.6 is 0 Å². The summed E-state index contributed by atoms with van der Waals surface area (Å²) in [5.41, 5.74) is 1.10. The molecule has 4 heteroatoms. The van der Waals surface area contributed by atoms with E-state index in [-0.39, 0.29) is 18.1 Å². The Balaban J connectivity index is 2.12. The fourth-order valence-corrected chi connectivity index (χ4v) is 2.27. The maximum Gasteiger partial charge on any atom is 0.322 e. The van der Waals surface area contributed by atoms with Gasteiger partial charge in [0.25, 0.3) is 0 Å². The van der Waals surface area contributed by atoms with Crippen LogP contribution in [0.25, 0.3) is 0 Å². The Morgan fingerprint density at radius 3 is 2.76 bits per heavy atom. The Bertz CT molecular complexity index is 405. The smallest absolute Gasteiger partial charge is 0.322 e. The number of ether oxygens (including phenoxy) is 2. The molecule has 0 aromatic heterocycles. The van der Waals surface area contributed by atoms with Crippen molar-refractivity contribution in [2.75, 3.05) is 14.2 Å². The number of hydrogen-bond donors (Lipinski definition) is 1. The van der Waals surface area contributed by atoms with Crippen LogP contribution in [0, 0.1) is 0 Å². The Kier molecular flexibility index (Phi) is 3.64. The predicted octanol–water partition coefficient (Wildman–Crippen LogP) is 1.66. The number of benzene rings is 1. The third-order valence-electron chi connectivity index (χ3n) is 3.15. The predicted molar refractivity (Wildman–Crippen MR) is 63.9 cm³/mol. The van der Waals surface area contributed by atoms with Gasteiger partial charge in [0.15, 0.2) is 0 Å². The van der Waals surface area contributed by atoms with E-state index in [2.05, 4.69) is 5.32 Å². The topological polar surface area (TPSA) is 47.6 Å². The molecule has 0 bridgehead atoms. The van der Waals surface area contributed by atoms with Crippen molar-refractivity contribution in [1.29, 1.82) is 0 Å². The van der Waals surface area contributed by atoms with Crippen LogP contribution in [0.1, 0.15) is 24.4 Å². The van der Waals surface area contributed by atoms with Gasteiger partial charge in [-0.05, 0) is 18.9 Å². The maximum absolute atomic E-state index is 11.4. The van der Waals surface area contributed by atoms with Gasteiger partial charge in [-0.1, -0.05) is 18.2 Å². The van der Waals surface area contributed by atoms with Crippen molar-refractivity contribution < 1.29 is 14.3 Å². The minimum Gasteiger partial charge on any atom is -0.496 e. The monoisotopic (exact) mass is 235 g/mol. The van der Waals surface area contributed by atoms with E-state index in [9.17, 15) is 4.79 Å². The molecule has 0 unspecified atom stereocenters. The molecule has 0 saturated carbocycles. The highest BCUT2D eigenvalue weighted by Crippen LogP contribution is 2.32. The molecule has 0 radical (unpaired) electrons. The number of hydrogen-bond acceptors (Lipinski definition) is 4. The summed E-state index contributed by atoms with van der Waals surface area (Å²) >= 11 is 0. The molecular formula is C13H17NO3. The van der Waals surface area contributed by atoms with Crippen LogP contribution in [0.5, 0.6) is 5.75 Å². The molecule has 17 heavy (non-hydrogen) atoms. The largest absolute Gasteiger partial charge is 0.496 e. The van der Waals surface area contributed by atoms with Crippen LogP contribution in [0.2, 0.25) is 0 Å². The molecule has 1 heterocycles. The van der Waals surface area contributed by atoms with E-state index in [0.29, 0.717) is 0 Å². The third-order valence-corrected chi connectivity index (χ3v) is 3.15. The summed E-state index contributed by atoms with van der Waals surface area (Å²) in [4.78, 5) is 11.4. The first-order valence-corrected chi connectivity index (χ1v) is 5.73. The van der Waals surface area contributed by atoms with Crippen molar-refractivity contribution >= 4 is 5.97 Å². The zero-order valence-corrected chi connectivity index (χ0v) is 10.1. The van der Waals surface area contributed by atoms with E-state index in [1.165, 1.54) is 7.11 Å². The first-order chi connectivity index (χ1) is 8.26. The zero-order valence-electron chi connectivity index (χ0n) is 10.1. The highest BCUT2D eigenvalue weighted by Gasteiger charge is 2.31. The quantitative estimate of drug-likeness (QED) is 0.809. The molecule has 4 nitrogen and oxygen atoms in total. The number of rotatable bonds is 3. The highest BCUT2D eigenvalue weighted by molar-refractivity contribution is 5.76. The van der Waals surface area contributed by atoms with Crippen LogP contribution in [0.3, 0.4) is 0 Å². The molecule has 2 atom stereocenters. The van der Waals surface area contributed by atoms with Crippen molar-refractivity contribution in [3.8, 4) is 5.75 Å². The van der Waals surface area contributed by atoms with Crippen LogP contribution in [-0.2, 0) is 9.53 Å². The van der Waals surface area contributed by atoms with Crippen LogP contribution in [-0.4, -0.2) is 26.2 Å². The van der Waals surface area contributed by atoms with Gasteiger partial charge in [0.2, 0.25) is 0 Å². The lowest BCUT2D eigenvalue weighted by Gasteiger charge is -2.16. The molecule has 1 aliphatic rings. The van der Waals surface area contributed by atoms with Crippen molar-refractivity contribution in [2.45, 2.75) is 24.9 Å². The normalized spacial score (nSPS) is 23.4. The average molecular weight is 235 g/mol. The van der Waals surface area contributed by atoms with E-state index in [0.717, 1.165) is 24.2 Å². The van der Waals surface area contributed by atoms with Gasteiger partial charge in [-0.15, -0.1) is 0 Å². The lowest BCUT2D eigenvalue weighted by Crippen LogP contribution is -2.33. The lowest BCUT2D eigenvalue weighted by molar-refractivity contribution is -0.142. The first-order valence-electron chi connectivity index (χ1n) is 5.73. The number of methoxy groups -OCH3 is 2. The van der Waals surface area contributed by atoms with Crippen LogP contribution in [0.4, 0.5) is 0 Å². The van der Waals surface area contributed by atoms with Gasteiger partial charge in [-0.2, -0.15) is 0 Å². The second kappa shape index (κ2) is 5.19. The lowest BCUT2D eigenvalue weighted by atomic mass is 10.0. The Morgan fingerprint density at radius 2 is 2.06 bits per heavy atom. The third kappa shape index (κ3) is 2.42. The molecule has 1 aromatic rings. The molecule has 1 aromatic carbocycles. The minimum absolute atomic E-state index is 0.162. The zero-order chi connectivity index (χ0) is 12.3. The number of carbonyl (C=O) groups is 1. The van der Waals surface area contributed by atoms with Gasteiger partial charge in [-0.25, -0.2) is 0 Å². The molecule has 0 spiro atoms. The highest BCUT2D eigenvalue weighted by atomic mass is 16.5. The number of esters is 1. The summed E-state index contributed by atoms with van der Waals surface area (Å²) in [5.74, 6) is 0.665. The summed E-state index contributed by atoms with van der Waals surface area (Å²) in [6.45, 7) is 0. The van der Waals surface area contributed by atoms with Crippen molar-refractivity contribution in [2.24, 2.45) is 0 Å². The van der Waals surface area contributed by atoms with E-state index < -0.39 is 0 Å². The van der Waals surface area contributed by atoms with Gasteiger partial charge in [0, 0.05) is 11.6 Å². The molecule has 1 aliphatic heterocycles. The second-order valence-electron chi connectivity index (χ2n) is 4.11. The Labute approximate surface area is 101 Å². The van der Waals surface area contributed by atoms with Gasteiger partial charge in [0.05, 0.1) is 14.2 Å². The molecule has 0 aliphatic carbocycles. The maximum atomic E-state index is 11.4. The molecule has 1 saturated heterocycles. The average Bonchev–Trinajstić information content (AvgIpc) is 2.87. The second-order valence-corrected chi connectivity index (χ2v) is 4.11. The van der Waals surface area contributed by atoms with Gasteiger partial charge in [0.1, 0.15) is 11.8 Å². The fraction of sp³-hybridized carbons (Fsp3) is 0.462. The minimum atomic E-state index is -0.199. The summed E-state index contributed by atoms with van der Waals surface area (Å²) < 4.78 is 10.1.